The number of hydrogen-bond donors (Lipinski definition) is 1. The average molecular weight is 287 g/mol. The molecule has 1 N–H and O–H groups in total. The molecule has 110 valence electrons. The molecule has 1 aromatic rings. The number of hydrogen-bond acceptors (Lipinski definition) is 3. The van der Waals surface area contributed by atoms with Crippen LogP contribution < -0.4 is 5.32 Å². The van der Waals surface area contributed by atoms with Gasteiger partial charge in [0.1, 0.15) is 11.9 Å². The summed E-state index contributed by atoms with van der Waals surface area (Å²) in [4.78, 5) is 14.2. The number of likely N-dealkylation sites (tertiary alicyclic amines) is 1. The van der Waals surface area contributed by atoms with Crippen LogP contribution in [0.5, 0.6) is 0 Å². The Bertz CT molecular complexity index is 596. The quantitative estimate of drug-likeness (QED) is 0.902. The largest absolute Gasteiger partial charge is 0.335 e. The first-order valence-electron chi connectivity index (χ1n) is 7.38. The second kappa shape index (κ2) is 5.82. The summed E-state index contributed by atoms with van der Waals surface area (Å²) in [6.07, 6.45) is 2.48. The van der Waals surface area contributed by atoms with Crippen molar-refractivity contribution in [2.45, 2.75) is 31.8 Å². The third kappa shape index (κ3) is 2.77. The summed E-state index contributed by atoms with van der Waals surface area (Å²) >= 11 is 0. The fourth-order valence-corrected chi connectivity index (χ4v) is 3.41. The molecule has 2 saturated heterocycles. The number of nitriles is 1. The summed E-state index contributed by atoms with van der Waals surface area (Å²) in [7, 11) is 0. The zero-order valence-electron chi connectivity index (χ0n) is 11.8. The summed E-state index contributed by atoms with van der Waals surface area (Å²) in [6, 6.07) is 6.64. The van der Waals surface area contributed by atoms with Gasteiger partial charge in [-0.25, -0.2) is 4.39 Å². The fraction of sp³-hybridized carbons (Fsp3) is 0.500. The number of carbonyl (C=O) groups is 1. The summed E-state index contributed by atoms with van der Waals surface area (Å²) in [5.74, 6) is 0.166. The van der Waals surface area contributed by atoms with Crippen molar-refractivity contribution in [2.75, 3.05) is 13.1 Å². The highest BCUT2D eigenvalue weighted by Gasteiger charge is 2.36. The minimum atomic E-state index is -0.508. The first-order chi connectivity index (χ1) is 10.2. The van der Waals surface area contributed by atoms with Crippen molar-refractivity contribution in [3.05, 3.63) is 35.1 Å². The Hall–Kier alpha value is -1.93. The summed E-state index contributed by atoms with van der Waals surface area (Å²) in [6.45, 7) is 2.36. The molecular formula is C16H18FN3O. The first-order valence-corrected chi connectivity index (χ1v) is 7.38. The predicted octanol–water partition coefficient (Wildman–Crippen LogP) is 1.80. The molecule has 0 aliphatic carbocycles. The normalized spacial score (nSPS) is 25.3. The van der Waals surface area contributed by atoms with E-state index in [1.807, 2.05) is 11.0 Å². The van der Waals surface area contributed by atoms with E-state index in [0.717, 1.165) is 31.5 Å². The van der Waals surface area contributed by atoms with E-state index in [2.05, 4.69) is 5.32 Å². The van der Waals surface area contributed by atoms with E-state index in [4.69, 9.17) is 5.26 Å². The Kier molecular flexibility index (Phi) is 3.89. The van der Waals surface area contributed by atoms with Crippen LogP contribution in [-0.4, -0.2) is 29.9 Å². The van der Waals surface area contributed by atoms with E-state index >= 15 is 0 Å². The van der Waals surface area contributed by atoms with Gasteiger partial charge in [-0.1, -0.05) is 6.07 Å². The van der Waals surface area contributed by atoms with E-state index in [1.165, 1.54) is 6.07 Å². The predicted molar refractivity (Wildman–Crippen MR) is 75.7 cm³/mol. The fourth-order valence-electron chi connectivity index (χ4n) is 3.41. The van der Waals surface area contributed by atoms with Crippen molar-refractivity contribution >= 4 is 5.91 Å². The second-order valence-corrected chi connectivity index (χ2v) is 5.81. The molecule has 4 nitrogen and oxygen atoms in total. The number of halogens is 1. The highest BCUT2D eigenvalue weighted by molar-refractivity contribution is 5.77. The number of piperidine rings is 2. The topological polar surface area (TPSA) is 56.1 Å². The van der Waals surface area contributed by atoms with Crippen LogP contribution in [0.2, 0.25) is 0 Å². The van der Waals surface area contributed by atoms with Gasteiger partial charge in [0.15, 0.2) is 0 Å². The van der Waals surface area contributed by atoms with Gasteiger partial charge in [0.2, 0.25) is 5.91 Å². The molecule has 3 rings (SSSR count). The Morgan fingerprint density at radius 1 is 1.43 bits per heavy atom. The molecule has 5 heteroatoms. The molecule has 2 atom stereocenters. The molecule has 0 bridgehead atoms. The Labute approximate surface area is 123 Å². The minimum Gasteiger partial charge on any atom is -0.335 e. The van der Waals surface area contributed by atoms with Gasteiger partial charge in [0, 0.05) is 19.0 Å². The number of nitrogens with one attached hydrogen (secondary N) is 1. The summed E-state index contributed by atoms with van der Waals surface area (Å²) in [5, 5.41) is 12.3. The van der Waals surface area contributed by atoms with Crippen LogP contribution in [0.3, 0.4) is 0 Å². The van der Waals surface area contributed by atoms with Crippen LogP contribution in [0.4, 0.5) is 4.39 Å². The third-order valence-electron chi connectivity index (χ3n) is 4.52. The number of carbonyl (C=O) groups excluding carboxylic acids is 1. The molecule has 1 aromatic carbocycles. The molecule has 0 saturated carbocycles. The van der Waals surface area contributed by atoms with Gasteiger partial charge in [0.25, 0.3) is 0 Å². The van der Waals surface area contributed by atoms with Crippen LogP contribution >= 0.6 is 0 Å². The van der Waals surface area contributed by atoms with Gasteiger partial charge < -0.3 is 10.2 Å². The number of amides is 1. The molecule has 2 fully saturated rings. The van der Waals surface area contributed by atoms with Gasteiger partial charge in [0.05, 0.1) is 5.56 Å². The van der Waals surface area contributed by atoms with Crippen molar-refractivity contribution in [1.82, 2.24) is 10.2 Å². The number of benzene rings is 1. The van der Waals surface area contributed by atoms with E-state index in [0.29, 0.717) is 18.9 Å². The van der Waals surface area contributed by atoms with Crippen molar-refractivity contribution < 1.29 is 9.18 Å². The Morgan fingerprint density at radius 3 is 3.10 bits per heavy atom. The van der Waals surface area contributed by atoms with Crippen LogP contribution in [0.25, 0.3) is 0 Å². The highest BCUT2D eigenvalue weighted by Crippen LogP contribution is 2.30. The van der Waals surface area contributed by atoms with Crippen molar-refractivity contribution in [2.24, 2.45) is 5.92 Å². The lowest BCUT2D eigenvalue weighted by Gasteiger charge is -2.44. The molecule has 21 heavy (non-hydrogen) atoms. The Balaban J connectivity index is 1.81. The molecule has 2 aliphatic rings. The van der Waals surface area contributed by atoms with Gasteiger partial charge >= 0.3 is 0 Å². The standard InChI is InChI=1S/C16H18FN3O/c17-14-3-1-11(7-13(14)8-18)10-20-15-5-6-19-9-12(15)2-4-16(20)21/h1,3,7,12,15,19H,2,4-6,9-10H2. The summed E-state index contributed by atoms with van der Waals surface area (Å²) < 4.78 is 13.4. The van der Waals surface area contributed by atoms with Crippen molar-refractivity contribution in [1.29, 1.82) is 5.26 Å². The highest BCUT2D eigenvalue weighted by atomic mass is 19.1. The molecule has 0 radical (unpaired) electrons. The zero-order chi connectivity index (χ0) is 14.8. The molecule has 2 unspecified atom stereocenters. The molecular weight excluding hydrogens is 269 g/mol. The second-order valence-electron chi connectivity index (χ2n) is 5.81. The van der Waals surface area contributed by atoms with Gasteiger partial charge in [-0.2, -0.15) is 5.26 Å². The molecule has 1 amide bonds. The maximum Gasteiger partial charge on any atom is 0.223 e. The third-order valence-corrected chi connectivity index (χ3v) is 4.52. The lowest BCUT2D eigenvalue weighted by molar-refractivity contribution is -0.140. The SMILES string of the molecule is N#Cc1cc(CN2C(=O)CCC3CNCCC32)ccc1F. The maximum atomic E-state index is 13.4. The molecule has 2 aliphatic heterocycles. The van der Waals surface area contributed by atoms with Crippen LogP contribution in [0.15, 0.2) is 18.2 Å². The van der Waals surface area contributed by atoms with Gasteiger partial charge in [-0.3, -0.25) is 4.79 Å². The molecule has 0 spiro atoms. The van der Waals surface area contributed by atoms with E-state index in [9.17, 15) is 9.18 Å². The average Bonchev–Trinajstić information content (AvgIpc) is 2.52. The van der Waals surface area contributed by atoms with Gasteiger partial charge in [-0.15, -0.1) is 0 Å². The van der Waals surface area contributed by atoms with Crippen molar-refractivity contribution in [3.63, 3.8) is 0 Å². The van der Waals surface area contributed by atoms with Crippen LogP contribution in [0, 0.1) is 23.1 Å². The Morgan fingerprint density at radius 2 is 2.29 bits per heavy atom. The van der Waals surface area contributed by atoms with Crippen molar-refractivity contribution in [3.8, 4) is 6.07 Å². The van der Waals surface area contributed by atoms with E-state index in [-0.39, 0.29) is 17.5 Å². The number of rotatable bonds is 2. The number of fused-ring (bicyclic) bond motifs is 1. The zero-order valence-corrected chi connectivity index (χ0v) is 11.8. The smallest absolute Gasteiger partial charge is 0.223 e. The van der Waals surface area contributed by atoms with E-state index < -0.39 is 5.82 Å². The van der Waals surface area contributed by atoms with Gasteiger partial charge in [-0.05, 0) is 49.5 Å². The molecule has 0 aromatic heterocycles. The van der Waals surface area contributed by atoms with Crippen LogP contribution in [-0.2, 0) is 11.3 Å². The monoisotopic (exact) mass is 287 g/mol. The first kappa shape index (κ1) is 14.0. The molecule has 2 heterocycles. The summed E-state index contributed by atoms with van der Waals surface area (Å²) in [5.41, 5.74) is 0.860. The maximum absolute atomic E-state index is 13.4. The minimum absolute atomic E-state index is 0.0406. The van der Waals surface area contributed by atoms with E-state index in [1.54, 1.807) is 12.1 Å². The lowest BCUT2D eigenvalue weighted by atomic mass is 9.84. The lowest BCUT2D eigenvalue weighted by Crippen LogP contribution is -2.54. The van der Waals surface area contributed by atoms with Crippen LogP contribution in [0.1, 0.15) is 30.4 Å². The number of nitrogens with zero attached hydrogens (tertiary/aromatic N) is 2.